The molecule has 2 N–H and O–H groups in total. The van der Waals surface area contributed by atoms with Crippen LogP contribution in [0, 0.1) is 5.92 Å². The maximum atomic E-state index is 12.6. The first-order chi connectivity index (χ1) is 11.8. The Morgan fingerprint density at radius 1 is 1.00 bits per heavy atom. The lowest BCUT2D eigenvalue weighted by Gasteiger charge is -2.28. The number of hydrogen-bond donors (Lipinski definition) is 2. The first-order valence-corrected chi connectivity index (χ1v) is 8.50. The van der Waals surface area contributed by atoms with E-state index in [0.717, 1.165) is 25.7 Å². The van der Waals surface area contributed by atoms with Crippen molar-refractivity contribution in [3.05, 3.63) is 60.2 Å². The predicted octanol–water partition coefficient (Wildman–Crippen LogP) is 3.76. The zero-order valence-corrected chi connectivity index (χ0v) is 13.7. The summed E-state index contributed by atoms with van der Waals surface area (Å²) < 4.78 is 5.86. The minimum Gasteiger partial charge on any atom is -0.457 e. The molecule has 1 saturated carbocycles. The summed E-state index contributed by atoms with van der Waals surface area (Å²) in [4.78, 5) is 12.6. The number of aliphatic hydroxyl groups is 1. The fourth-order valence-corrected chi connectivity index (χ4v) is 3.11. The van der Waals surface area contributed by atoms with Crippen molar-refractivity contribution in [2.75, 3.05) is 6.61 Å². The van der Waals surface area contributed by atoms with Gasteiger partial charge < -0.3 is 15.2 Å². The van der Waals surface area contributed by atoms with Gasteiger partial charge >= 0.3 is 0 Å². The Hall–Kier alpha value is -2.33. The zero-order valence-electron chi connectivity index (χ0n) is 13.7. The number of carbonyl (C=O) groups is 1. The second-order valence-electron chi connectivity index (χ2n) is 6.28. The van der Waals surface area contributed by atoms with Crippen molar-refractivity contribution in [1.29, 1.82) is 0 Å². The Labute approximate surface area is 142 Å². The van der Waals surface area contributed by atoms with Crippen LogP contribution in [0.3, 0.4) is 0 Å². The highest BCUT2D eigenvalue weighted by Crippen LogP contribution is 2.27. The third-order valence-corrected chi connectivity index (χ3v) is 4.54. The standard InChI is InChI=1S/C20H23NO3/c22-14-15-10-12-16(13-11-15)21-20(23)18-8-4-5-9-19(18)24-17-6-2-1-3-7-17/h1-9,15-16,22H,10-14H2,(H,21,23). The molecular formula is C20H23NO3. The molecule has 0 spiro atoms. The number of nitrogens with one attached hydrogen (secondary N) is 1. The summed E-state index contributed by atoms with van der Waals surface area (Å²) in [5.41, 5.74) is 0.547. The Morgan fingerprint density at radius 2 is 1.67 bits per heavy atom. The van der Waals surface area contributed by atoms with Crippen molar-refractivity contribution in [2.45, 2.75) is 31.7 Å². The summed E-state index contributed by atoms with van der Waals surface area (Å²) in [5, 5.41) is 12.3. The number of ether oxygens (including phenoxy) is 1. The summed E-state index contributed by atoms with van der Waals surface area (Å²) in [5.74, 6) is 1.55. The van der Waals surface area contributed by atoms with Crippen LogP contribution in [0.1, 0.15) is 36.0 Å². The second kappa shape index (κ2) is 7.97. The van der Waals surface area contributed by atoms with E-state index >= 15 is 0 Å². The number of carbonyl (C=O) groups excluding carboxylic acids is 1. The number of aliphatic hydroxyl groups excluding tert-OH is 1. The summed E-state index contributed by atoms with van der Waals surface area (Å²) in [6.07, 6.45) is 3.75. The lowest BCUT2D eigenvalue weighted by atomic mass is 9.86. The van der Waals surface area contributed by atoms with Crippen molar-refractivity contribution in [3.8, 4) is 11.5 Å². The fourth-order valence-electron chi connectivity index (χ4n) is 3.11. The zero-order chi connectivity index (χ0) is 16.8. The molecule has 0 aromatic heterocycles. The molecule has 0 radical (unpaired) electrons. The fraction of sp³-hybridized carbons (Fsp3) is 0.350. The molecule has 0 aliphatic heterocycles. The topological polar surface area (TPSA) is 58.6 Å². The Bertz CT molecular complexity index is 664. The van der Waals surface area contributed by atoms with Crippen molar-refractivity contribution >= 4 is 5.91 Å². The molecule has 0 heterocycles. The Kier molecular flexibility index (Phi) is 5.49. The van der Waals surface area contributed by atoms with E-state index in [1.54, 1.807) is 6.07 Å². The molecule has 2 aromatic rings. The molecule has 1 amide bonds. The van der Waals surface area contributed by atoms with E-state index in [-0.39, 0.29) is 18.6 Å². The smallest absolute Gasteiger partial charge is 0.255 e. The SMILES string of the molecule is O=C(NC1CCC(CO)CC1)c1ccccc1Oc1ccccc1. The summed E-state index contributed by atoms with van der Waals surface area (Å²) in [6, 6.07) is 16.9. The molecule has 126 valence electrons. The number of para-hydroxylation sites is 2. The van der Waals surface area contributed by atoms with Gasteiger partial charge in [-0.15, -0.1) is 0 Å². The van der Waals surface area contributed by atoms with E-state index in [9.17, 15) is 9.90 Å². The van der Waals surface area contributed by atoms with Crippen LogP contribution in [0.25, 0.3) is 0 Å². The second-order valence-corrected chi connectivity index (χ2v) is 6.28. The molecule has 0 bridgehead atoms. The van der Waals surface area contributed by atoms with Crippen LogP contribution in [-0.4, -0.2) is 23.7 Å². The summed E-state index contributed by atoms with van der Waals surface area (Å²) >= 11 is 0. The number of rotatable bonds is 5. The molecule has 24 heavy (non-hydrogen) atoms. The van der Waals surface area contributed by atoms with Gasteiger partial charge in [-0.3, -0.25) is 4.79 Å². The molecule has 4 heteroatoms. The van der Waals surface area contributed by atoms with Gasteiger partial charge in [0, 0.05) is 12.6 Å². The first-order valence-electron chi connectivity index (χ1n) is 8.50. The van der Waals surface area contributed by atoms with Crippen LogP contribution < -0.4 is 10.1 Å². The summed E-state index contributed by atoms with van der Waals surface area (Å²) in [6.45, 7) is 0.244. The van der Waals surface area contributed by atoms with E-state index in [2.05, 4.69) is 5.32 Å². The monoisotopic (exact) mass is 325 g/mol. The lowest BCUT2D eigenvalue weighted by molar-refractivity contribution is 0.0911. The largest absolute Gasteiger partial charge is 0.457 e. The predicted molar refractivity (Wildman–Crippen MR) is 93.3 cm³/mol. The average Bonchev–Trinajstić information content (AvgIpc) is 2.63. The molecule has 0 saturated heterocycles. The van der Waals surface area contributed by atoms with E-state index in [4.69, 9.17) is 4.74 Å². The summed E-state index contributed by atoms with van der Waals surface area (Å²) in [7, 11) is 0. The van der Waals surface area contributed by atoms with Crippen molar-refractivity contribution in [2.24, 2.45) is 5.92 Å². The van der Waals surface area contributed by atoms with Gasteiger partial charge in [0.25, 0.3) is 5.91 Å². The third-order valence-electron chi connectivity index (χ3n) is 4.54. The van der Waals surface area contributed by atoms with Gasteiger partial charge in [0.1, 0.15) is 11.5 Å². The van der Waals surface area contributed by atoms with Gasteiger partial charge in [0.2, 0.25) is 0 Å². The van der Waals surface area contributed by atoms with Crippen LogP contribution >= 0.6 is 0 Å². The van der Waals surface area contributed by atoms with Gasteiger partial charge in [0.05, 0.1) is 5.56 Å². The number of benzene rings is 2. The van der Waals surface area contributed by atoms with Crippen LogP contribution in [0.2, 0.25) is 0 Å². The molecule has 3 rings (SSSR count). The molecule has 1 fully saturated rings. The van der Waals surface area contributed by atoms with Gasteiger partial charge in [-0.2, -0.15) is 0 Å². The minimum absolute atomic E-state index is 0.103. The molecule has 4 nitrogen and oxygen atoms in total. The van der Waals surface area contributed by atoms with E-state index in [0.29, 0.717) is 23.0 Å². The van der Waals surface area contributed by atoms with Crippen LogP contribution in [0.4, 0.5) is 0 Å². The van der Waals surface area contributed by atoms with Crippen LogP contribution in [0.15, 0.2) is 54.6 Å². The van der Waals surface area contributed by atoms with Gasteiger partial charge in [-0.25, -0.2) is 0 Å². The molecule has 0 unspecified atom stereocenters. The third kappa shape index (κ3) is 4.15. The van der Waals surface area contributed by atoms with Gasteiger partial charge in [-0.05, 0) is 55.9 Å². The van der Waals surface area contributed by atoms with Crippen molar-refractivity contribution in [1.82, 2.24) is 5.32 Å². The number of hydrogen-bond acceptors (Lipinski definition) is 3. The molecule has 1 aliphatic carbocycles. The Morgan fingerprint density at radius 3 is 2.38 bits per heavy atom. The normalized spacial score (nSPS) is 20.4. The van der Waals surface area contributed by atoms with Crippen molar-refractivity contribution < 1.29 is 14.6 Å². The first kappa shape index (κ1) is 16.5. The molecule has 1 aliphatic rings. The highest BCUT2D eigenvalue weighted by atomic mass is 16.5. The quantitative estimate of drug-likeness (QED) is 0.880. The maximum absolute atomic E-state index is 12.6. The van der Waals surface area contributed by atoms with Crippen molar-refractivity contribution in [3.63, 3.8) is 0 Å². The lowest BCUT2D eigenvalue weighted by Crippen LogP contribution is -2.38. The molecular weight excluding hydrogens is 302 g/mol. The molecule has 2 aromatic carbocycles. The highest BCUT2D eigenvalue weighted by molar-refractivity contribution is 5.97. The molecule has 0 atom stereocenters. The van der Waals surface area contributed by atoms with E-state index in [1.807, 2.05) is 48.5 Å². The Balaban J connectivity index is 1.67. The average molecular weight is 325 g/mol. The maximum Gasteiger partial charge on any atom is 0.255 e. The van der Waals surface area contributed by atoms with Gasteiger partial charge in [0.15, 0.2) is 0 Å². The highest BCUT2D eigenvalue weighted by Gasteiger charge is 2.23. The van der Waals surface area contributed by atoms with E-state index < -0.39 is 0 Å². The number of amides is 1. The van der Waals surface area contributed by atoms with E-state index in [1.165, 1.54) is 0 Å². The van der Waals surface area contributed by atoms with Crippen LogP contribution in [-0.2, 0) is 0 Å². The van der Waals surface area contributed by atoms with Gasteiger partial charge in [-0.1, -0.05) is 30.3 Å². The van der Waals surface area contributed by atoms with Crippen LogP contribution in [0.5, 0.6) is 11.5 Å². The minimum atomic E-state index is -0.103.